The number of amides is 2. The van der Waals surface area contributed by atoms with Gasteiger partial charge in [0.05, 0.1) is 35.1 Å². The molecule has 6 heterocycles. The minimum Gasteiger partial charge on any atom is -0.348 e. The minimum absolute atomic E-state index is 0.00272. The van der Waals surface area contributed by atoms with Crippen molar-refractivity contribution in [2.45, 2.75) is 77.0 Å². The summed E-state index contributed by atoms with van der Waals surface area (Å²) in [5.74, 6) is -4.96. The molecule has 5 aromatic heterocycles. The molecule has 25 heteroatoms. The van der Waals surface area contributed by atoms with Crippen molar-refractivity contribution in [3.63, 3.8) is 0 Å². The molecule has 63 heavy (non-hydrogen) atoms. The van der Waals surface area contributed by atoms with Gasteiger partial charge in [0.2, 0.25) is 5.91 Å². The van der Waals surface area contributed by atoms with Gasteiger partial charge in [0, 0.05) is 55.8 Å². The van der Waals surface area contributed by atoms with Crippen molar-refractivity contribution in [1.82, 2.24) is 54.5 Å². The van der Waals surface area contributed by atoms with Crippen LogP contribution in [0.3, 0.4) is 0 Å². The second kappa shape index (κ2) is 16.6. The summed E-state index contributed by atoms with van der Waals surface area (Å²) >= 11 is 0. The van der Waals surface area contributed by atoms with E-state index in [4.69, 9.17) is 4.52 Å². The highest BCUT2D eigenvalue weighted by molar-refractivity contribution is 7.39. The Bertz CT molecular complexity index is 2720. The van der Waals surface area contributed by atoms with Crippen LogP contribution in [-0.4, -0.2) is 88.9 Å². The Kier molecular flexibility index (Phi) is 11.9. The molecule has 6 aromatic rings. The molecule has 0 spiro atoms. The van der Waals surface area contributed by atoms with E-state index < -0.39 is 97.8 Å². The fourth-order valence-corrected chi connectivity index (χ4v) is 7.81. The number of carbonyl (C=O) groups excluding carboxylic acids is 2. The highest BCUT2D eigenvalue weighted by atomic mass is 31.2. The SMILES string of the molecule is Cn1nc(F)c2nc(-c3ccc(F)c4c3CCN(C(Cc3cnn(C(F)F)c3)C(=O)NC(C)(C)Cn3nc(C(F)(F)F)cc3-c3cnc(C(C)(C)OP(O)O)nc3)C4=O)c(F)cc21. The predicted octanol–water partition coefficient (Wildman–Crippen LogP) is 5.98. The number of rotatable bonds is 13. The lowest BCUT2D eigenvalue weighted by molar-refractivity contribution is -0.141. The number of pyridine rings is 1. The molecule has 7 rings (SSSR count). The Morgan fingerprint density at radius 2 is 1.70 bits per heavy atom. The molecule has 1 aromatic carbocycles. The normalized spacial score (nSPS) is 14.3. The molecule has 1 aliphatic rings. The number of benzene rings is 1. The molecule has 0 fully saturated rings. The summed E-state index contributed by atoms with van der Waals surface area (Å²) in [6.45, 7) is 1.97. The van der Waals surface area contributed by atoms with Gasteiger partial charge in [-0.25, -0.2) is 28.4 Å². The number of carbonyl (C=O) groups is 2. The van der Waals surface area contributed by atoms with Crippen LogP contribution >= 0.6 is 8.60 Å². The van der Waals surface area contributed by atoms with Gasteiger partial charge in [0.25, 0.3) is 11.9 Å². The molecule has 2 amide bonds. The second-order valence-electron chi connectivity index (χ2n) is 15.7. The number of nitrogens with zero attached hydrogens (tertiary/aromatic N) is 10. The number of hydrogen-bond donors (Lipinski definition) is 3. The molecule has 334 valence electrons. The third kappa shape index (κ3) is 9.11. The van der Waals surface area contributed by atoms with E-state index in [0.29, 0.717) is 4.68 Å². The van der Waals surface area contributed by atoms with E-state index in [9.17, 15) is 45.7 Å². The average Bonchev–Trinajstić information content (AvgIpc) is 3.90. The van der Waals surface area contributed by atoms with Crippen molar-refractivity contribution in [3.05, 3.63) is 94.8 Å². The third-order valence-electron chi connectivity index (χ3n) is 10.2. The van der Waals surface area contributed by atoms with E-state index in [1.54, 1.807) is 0 Å². The van der Waals surface area contributed by atoms with Gasteiger partial charge in [-0.05, 0) is 63.4 Å². The first kappa shape index (κ1) is 45.1. The number of nitrogens with one attached hydrogen (secondary N) is 1. The smallest absolute Gasteiger partial charge is 0.348 e. The van der Waals surface area contributed by atoms with E-state index in [1.807, 2.05) is 0 Å². The molecular weight excluding hydrogens is 873 g/mol. The topological polar surface area (TPSA) is 191 Å². The zero-order valence-electron chi connectivity index (χ0n) is 33.7. The molecule has 1 atom stereocenters. The van der Waals surface area contributed by atoms with Gasteiger partial charge in [0.1, 0.15) is 28.7 Å². The summed E-state index contributed by atoms with van der Waals surface area (Å²) in [6.07, 6.45) is -1.21. The van der Waals surface area contributed by atoms with Crippen LogP contribution in [0.15, 0.2) is 49.1 Å². The Morgan fingerprint density at radius 3 is 2.33 bits per heavy atom. The van der Waals surface area contributed by atoms with Crippen LogP contribution in [0.4, 0.5) is 35.1 Å². The van der Waals surface area contributed by atoms with Gasteiger partial charge in [0.15, 0.2) is 17.3 Å². The van der Waals surface area contributed by atoms with Crippen LogP contribution in [0.5, 0.6) is 0 Å². The van der Waals surface area contributed by atoms with Gasteiger partial charge in [-0.15, -0.1) is 5.10 Å². The van der Waals surface area contributed by atoms with Gasteiger partial charge in [-0.2, -0.15) is 36.5 Å². The zero-order chi connectivity index (χ0) is 45.9. The van der Waals surface area contributed by atoms with Crippen LogP contribution in [-0.2, 0) is 47.5 Å². The first-order valence-electron chi connectivity index (χ1n) is 18.7. The van der Waals surface area contributed by atoms with Gasteiger partial charge >= 0.3 is 21.3 Å². The molecular formula is C38H36F8N11O5P. The average molecular weight is 910 g/mol. The van der Waals surface area contributed by atoms with Crippen molar-refractivity contribution in [1.29, 1.82) is 0 Å². The first-order chi connectivity index (χ1) is 29.4. The predicted molar refractivity (Wildman–Crippen MR) is 205 cm³/mol. The monoisotopic (exact) mass is 909 g/mol. The molecule has 0 aliphatic carbocycles. The maximum Gasteiger partial charge on any atom is 0.435 e. The number of aryl methyl sites for hydroxylation is 1. The molecule has 0 radical (unpaired) electrons. The maximum absolute atomic E-state index is 15.7. The Morgan fingerprint density at radius 1 is 1.00 bits per heavy atom. The second-order valence-corrected chi connectivity index (χ2v) is 16.4. The first-order valence-corrected chi connectivity index (χ1v) is 19.9. The lowest BCUT2D eigenvalue weighted by atomic mass is 9.90. The standard InChI is InChI=1S/C38H36F8N11O5P/c1-36(2,17-57-24(12-27(52-57)38(44,45)46)19-14-47-34(48-15-19)37(3,4)62-63(60)61)51-32(58)26(10-18-13-49-56(16-18)35(42)43)55-9-8-20-21(6-7-22(39)28(20)33(55)59)29-23(40)11-25-30(50-29)31(41)53-54(25)5/h6-7,11-16,26,35,60-61H,8-10,17H2,1-5H3,(H,51,58). The highest BCUT2D eigenvalue weighted by Gasteiger charge is 2.41. The quantitative estimate of drug-likeness (QED) is 0.0913. The Balaban J connectivity index is 1.21. The van der Waals surface area contributed by atoms with Crippen LogP contribution < -0.4 is 5.32 Å². The van der Waals surface area contributed by atoms with Crippen molar-refractivity contribution in [2.75, 3.05) is 6.54 Å². The Hall–Kier alpha value is -5.97. The number of hydrogen-bond acceptors (Lipinski definition) is 11. The van der Waals surface area contributed by atoms with Crippen molar-refractivity contribution >= 4 is 31.5 Å². The van der Waals surface area contributed by atoms with Gasteiger partial charge < -0.3 is 20.0 Å². The summed E-state index contributed by atoms with van der Waals surface area (Å²) in [6, 6.07) is 2.23. The Labute approximate surface area is 352 Å². The van der Waals surface area contributed by atoms with Crippen LogP contribution in [0.2, 0.25) is 0 Å². The van der Waals surface area contributed by atoms with Crippen molar-refractivity contribution < 1.29 is 59.0 Å². The van der Waals surface area contributed by atoms with Gasteiger partial charge in [-0.3, -0.25) is 23.5 Å². The number of halogens is 8. The molecule has 3 N–H and O–H groups in total. The van der Waals surface area contributed by atoms with Gasteiger partial charge in [-0.1, -0.05) is 0 Å². The summed E-state index contributed by atoms with van der Waals surface area (Å²) in [5.41, 5.74) is -5.43. The van der Waals surface area contributed by atoms with E-state index in [1.165, 1.54) is 53.2 Å². The maximum atomic E-state index is 15.7. The van der Waals surface area contributed by atoms with E-state index in [-0.39, 0.29) is 57.8 Å². The van der Waals surface area contributed by atoms with Crippen molar-refractivity contribution in [3.8, 4) is 22.5 Å². The zero-order valence-corrected chi connectivity index (χ0v) is 34.6. The molecule has 0 saturated heterocycles. The van der Waals surface area contributed by atoms with Crippen LogP contribution in [0.1, 0.15) is 67.2 Å². The lowest BCUT2D eigenvalue weighted by Gasteiger charge is -2.37. The summed E-state index contributed by atoms with van der Waals surface area (Å²) in [5, 5.41) is 13.7. The molecule has 0 saturated carbocycles. The fourth-order valence-electron chi connectivity index (χ4n) is 7.32. The molecule has 1 aliphatic heterocycles. The summed E-state index contributed by atoms with van der Waals surface area (Å²) in [4.78, 5) is 60.8. The molecule has 16 nitrogen and oxygen atoms in total. The van der Waals surface area contributed by atoms with Crippen LogP contribution in [0.25, 0.3) is 33.5 Å². The molecule has 0 bridgehead atoms. The summed E-state index contributed by atoms with van der Waals surface area (Å²) in [7, 11) is -1.43. The van der Waals surface area contributed by atoms with Crippen LogP contribution in [0, 0.1) is 17.6 Å². The number of fused-ring (bicyclic) bond motifs is 2. The van der Waals surface area contributed by atoms with E-state index in [2.05, 4.69) is 35.6 Å². The van der Waals surface area contributed by atoms with Crippen molar-refractivity contribution in [2.24, 2.45) is 7.05 Å². The van der Waals surface area contributed by atoms with E-state index >= 15 is 8.78 Å². The lowest BCUT2D eigenvalue weighted by Crippen LogP contribution is -2.58. The molecule has 1 unspecified atom stereocenters. The number of alkyl halides is 5. The van der Waals surface area contributed by atoms with E-state index in [0.717, 1.165) is 44.9 Å². The highest BCUT2D eigenvalue weighted by Crippen LogP contribution is 2.39. The summed E-state index contributed by atoms with van der Waals surface area (Å²) < 4.78 is 123. The largest absolute Gasteiger partial charge is 0.435 e. The number of aromatic nitrogens is 9. The fraction of sp³-hybridized carbons (Fsp3) is 0.368. The minimum atomic E-state index is -4.92. The third-order valence-corrected chi connectivity index (χ3v) is 10.8.